The maximum Gasteiger partial charge on any atom is 0.280 e. The van der Waals surface area contributed by atoms with Crippen molar-refractivity contribution in [2.24, 2.45) is 16.5 Å². The number of carbonyl (C=O) groups is 1. The highest BCUT2D eigenvalue weighted by molar-refractivity contribution is 7.90. The number of allylic oxidation sites excluding steroid dienone is 2. The largest absolute Gasteiger partial charge is 0.370 e. The Balaban J connectivity index is 3.76. The lowest BCUT2D eigenvalue weighted by Gasteiger charge is -2.14. The first-order valence-electron chi connectivity index (χ1n) is 6.76. The van der Waals surface area contributed by atoms with Gasteiger partial charge in [0.2, 0.25) is 0 Å². The summed E-state index contributed by atoms with van der Waals surface area (Å²) in [6.45, 7) is 5.52. The van der Waals surface area contributed by atoms with E-state index >= 15 is 0 Å². The van der Waals surface area contributed by atoms with E-state index in [0.717, 1.165) is 11.8 Å². The molecule has 1 rings (SSSR count). The Morgan fingerprint density at radius 1 is 1.27 bits per heavy atom. The van der Waals surface area contributed by atoms with Crippen molar-refractivity contribution in [1.82, 2.24) is 0 Å². The van der Waals surface area contributed by atoms with Crippen molar-refractivity contribution in [3.63, 3.8) is 0 Å². The van der Waals surface area contributed by atoms with E-state index in [1.807, 2.05) is 26.8 Å². The molecule has 0 bridgehead atoms. The third kappa shape index (κ3) is 3.94. The first kappa shape index (κ1) is 17.9. The van der Waals surface area contributed by atoms with Crippen molar-refractivity contribution in [1.29, 1.82) is 0 Å². The molecule has 0 saturated heterocycles. The monoisotopic (exact) mass is 323 g/mol. The number of amides is 1. The average Bonchev–Trinajstić information content (AvgIpc) is 2.43. The van der Waals surface area contributed by atoms with Crippen LogP contribution in [0.25, 0.3) is 5.57 Å². The number of nitrogens with zero attached hydrogens (tertiary/aromatic N) is 1. The quantitative estimate of drug-likeness (QED) is 0.643. The van der Waals surface area contributed by atoms with Crippen LogP contribution in [0.5, 0.6) is 0 Å². The van der Waals surface area contributed by atoms with Gasteiger partial charge in [0, 0.05) is 11.8 Å². The molecule has 1 aromatic carbocycles. The second kappa shape index (κ2) is 6.74. The van der Waals surface area contributed by atoms with Crippen LogP contribution in [0.15, 0.2) is 28.1 Å². The van der Waals surface area contributed by atoms with Crippen LogP contribution in [0.1, 0.15) is 42.3 Å². The maximum absolute atomic E-state index is 12.1. The lowest BCUT2D eigenvalue weighted by molar-refractivity contribution is 0.100. The Morgan fingerprint density at radius 3 is 2.27 bits per heavy atom. The van der Waals surface area contributed by atoms with Gasteiger partial charge in [-0.25, -0.2) is 8.42 Å². The Labute approximate surface area is 130 Å². The molecule has 7 heteroatoms. The minimum absolute atomic E-state index is 0.0921. The van der Waals surface area contributed by atoms with E-state index in [-0.39, 0.29) is 16.4 Å². The number of guanidine groups is 1. The smallest absolute Gasteiger partial charge is 0.280 e. The number of nitrogens with two attached hydrogens (primary N) is 2. The zero-order chi connectivity index (χ0) is 17.1. The molecule has 0 aromatic heterocycles. The lowest BCUT2D eigenvalue weighted by atomic mass is 9.97. The fourth-order valence-electron chi connectivity index (χ4n) is 2.06. The molecule has 1 amide bonds. The number of aliphatic imine (C=N–C) groups is 1. The molecule has 120 valence electrons. The van der Waals surface area contributed by atoms with Crippen LogP contribution in [0.3, 0.4) is 0 Å². The number of hydrogen-bond donors (Lipinski definition) is 2. The van der Waals surface area contributed by atoms with Crippen molar-refractivity contribution >= 4 is 27.3 Å². The predicted octanol–water partition coefficient (Wildman–Crippen LogP) is 1.49. The van der Waals surface area contributed by atoms with Gasteiger partial charge in [-0.3, -0.25) is 4.79 Å². The number of sulfone groups is 1. The van der Waals surface area contributed by atoms with Gasteiger partial charge in [-0.05, 0) is 49.1 Å². The van der Waals surface area contributed by atoms with Gasteiger partial charge in [0.1, 0.15) is 0 Å². The number of benzene rings is 1. The molecule has 0 spiro atoms. The van der Waals surface area contributed by atoms with Gasteiger partial charge in [-0.15, -0.1) is 0 Å². The fraction of sp³-hybridized carbons (Fsp3) is 0.333. The Bertz CT molecular complexity index is 758. The number of rotatable bonds is 4. The van der Waals surface area contributed by atoms with E-state index in [1.165, 1.54) is 6.07 Å². The van der Waals surface area contributed by atoms with Crippen molar-refractivity contribution in [2.75, 3.05) is 6.26 Å². The molecule has 0 aliphatic heterocycles. The van der Waals surface area contributed by atoms with Crippen LogP contribution in [0, 0.1) is 0 Å². The Morgan fingerprint density at radius 2 is 1.86 bits per heavy atom. The highest BCUT2D eigenvalue weighted by atomic mass is 32.2. The van der Waals surface area contributed by atoms with E-state index in [4.69, 9.17) is 11.5 Å². The zero-order valence-electron chi connectivity index (χ0n) is 13.2. The molecule has 22 heavy (non-hydrogen) atoms. The molecule has 0 aliphatic rings. The Kier molecular flexibility index (Phi) is 5.48. The minimum Gasteiger partial charge on any atom is -0.370 e. The summed E-state index contributed by atoms with van der Waals surface area (Å²) in [5.41, 5.74) is 12.7. The molecular formula is C15H21N3O3S. The molecule has 0 atom stereocenters. The van der Waals surface area contributed by atoms with Gasteiger partial charge < -0.3 is 11.5 Å². The maximum atomic E-state index is 12.1. The van der Waals surface area contributed by atoms with E-state index < -0.39 is 15.7 Å². The molecule has 0 saturated carbocycles. The lowest BCUT2D eigenvalue weighted by Crippen LogP contribution is -2.24. The van der Waals surface area contributed by atoms with Crippen LogP contribution in [-0.2, 0) is 16.3 Å². The molecule has 6 nitrogen and oxygen atoms in total. The Hall–Kier alpha value is -2.15. The van der Waals surface area contributed by atoms with Crippen molar-refractivity contribution in [3.8, 4) is 0 Å². The van der Waals surface area contributed by atoms with Crippen LogP contribution >= 0.6 is 0 Å². The van der Waals surface area contributed by atoms with E-state index in [2.05, 4.69) is 4.99 Å². The number of hydrogen-bond acceptors (Lipinski definition) is 3. The van der Waals surface area contributed by atoms with Gasteiger partial charge in [0.25, 0.3) is 5.91 Å². The summed E-state index contributed by atoms with van der Waals surface area (Å²) < 4.78 is 24.1. The van der Waals surface area contributed by atoms with E-state index in [0.29, 0.717) is 17.5 Å². The van der Waals surface area contributed by atoms with Gasteiger partial charge in [0.05, 0.1) is 4.90 Å². The molecule has 0 fully saturated rings. The fourth-order valence-corrected chi connectivity index (χ4v) is 3.02. The summed E-state index contributed by atoms with van der Waals surface area (Å²) in [5.74, 6) is -1.01. The second-order valence-corrected chi connectivity index (χ2v) is 6.93. The molecule has 0 aliphatic carbocycles. The standard InChI is InChI=1S/C15H21N3O3S/c1-5-9(3)11-7-10(6-2)12(14(19)18-15(16)17)8-13(11)22(4,20)21/h5,7-8H,6H2,1-4H3,(H4,16,17,18,19)/b9-5-. The predicted molar refractivity (Wildman–Crippen MR) is 88.4 cm³/mol. The molecular weight excluding hydrogens is 302 g/mol. The second-order valence-electron chi connectivity index (χ2n) is 4.94. The molecule has 4 N–H and O–H groups in total. The summed E-state index contributed by atoms with van der Waals surface area (Å²) in [6, 6.07) is 3.06. The third-order valence-corrected chi connectivity index (χ3v) is 4.44. The van der Waals surface area contributed by atoms with Crippen molar-refractivity contribution in [3.05, 3.63) is 34.9 Å². The SMILES string of the molecule is C/C=C(/C)c1cc(CC)c(C(=O)N=C(N)N)cc1S(C)(=O)=O. The summed E-state index contributed by atoms with van der Waals surface area (Å²) in [5, 5.41) is 0. The van der Waals surface area contributed by atoms with Gasteiger partial charge in [-0.2, -0.15) is 4.99 Å². The first-order valence-corrected chi connectivity index (χ1v) is 8.65. The van der Waals surface area contributed by atoms with Crippen LogP contribution < -0.4 is 11.5 Å². The number of aryl methyl sites for hydroxylation is 1. The van der Waals surface area contributed by atoms with Crippen molar-refractivity contribution in [2.45, 2.75) is 32.1 Å². The third-order valence-electron chi connectivity index (χ3n) is 3.30. The molecule has 0 heterocycles. The van der Waals surface area contributed by atoms with Gasteiger partial charge >= 0.3 is 0 Å². The number of carbonyl (C=O) groups excluding carboxylic acids is 1. The summed E-state index contributed by atoms with van der Waals surface area (Å²) in [6.07, 6.45) is 3.48. The zero-order valence-corrected chi connectivity index (χ0v) is 14.0. The minimum atomic E-state index is -3.50. The van der Waals surface area contributed by atoms with Gasteiger partial charge in [-0.1, -0.05) is 13.0 Å². The summed E-state index contributed by atoms with van der Waals surface area (Å²) >= 11 is 0. The first-order chi connectivity index (χ1) is 10.1. The highest BCUT2D eigenvalue weighted by Crippen LogP contribution is 2.28. The van der Waals surface area contributed by atoms with Crippen molar-refractivity contribution < 1.29 is 13.2 Å². The van der Waals surface area contributed by atoms with Gasteiger partial charge in [0.15, 0.2) is 15.8 Å². The normalized spacial score (nSPS) is 12.1. The summed E-state index contributed by atoms with van der Waals surface area (Å²) in [7, 11) is -3.50. The topological polar surface area (TPSA) is 116 Å². The summed E-state index contributed by atoms with van der Waals surface area (Å²) in [4.78, 5) is 15.7. The molecule has 0 radical (unpaired) electrons. The van der Waals surface area contributed by atoms with Crippen LogP contribution in [0.2, 0.25) is 0 Å². The average molecular weight is 323 g/mol. The molecule has 1 aromatic rings. The molecule has 0 unspecified atom stereocenters. The van der Waals surface area contributed by atoms with Crippen LogP contribution in [0.4, 0.5) is 0 Å². The highest BCUT2D eigenvalue weighted by Gasteiger charge is 2.20. The van der Waals surface area contributed by atoms with Crippen LogP contribution in [-0.4, -0.2) is 26.5 Å². The van der Waals surface area contributed by atoms with E-state index in [1.54, 1.807) is 6.07 Å². The van der Waals surface area contributed by atoms with E-state index in [9.17, 15) is 13.2 Å².